The van der Waals surface area contributed by atoms with Gasteiger partial charge in [-0.3, -0.25) is 4.68 Å². The smallest absolute Gasteiger partial charge is 0.434 e. The number of hydrogen-bond donors (Lipinski definition) is 1. The van der Waals surface area contributed by atoms with Crippen LogP contribution in [0.5, 0.6) is 5.75 Å². The maximum atomic E-state index is 13.8. The summed E-state index contributed by atoms with van der Waals surface area (Å²) in [5.74, 6) is -1.72. The summed E-state index contributed by atoms with van der Waals surface area (Å²) in [4.78, 5) is 11.5. The Balaban J connectivity index is 2.20. The van der Waals surface area contributed by atoms with Crippen molar-refractivity contribution in [2.75, 3.05) is 0 Å². The Bertz CT molecular complexity index is 769. The van der Waals surface area contributed by atoms with Gasteiger partial charge in [-0.05, 0) is 18.2 Å². The SMILES string of the molecule is O=C(O)C1=Cc2ccccc2OC1(Cn1cccn1)C(F)(F)F. The van der Waals surface area contributed by atoms with Gasteiger partial charge in [-0.2, -0.15) is 18.3 Å². The zero-order chi connectivity index (χ0) is 16.7. The van der Waals surface area contributed by atoms with Crippen molar-refractivity contribution in [2.45, 2.75) is 18.3 Å². The summed E-state index contributed by atoms with van der Waals surface area (Å²) in [6.07, 6.45) is -1.32. The normalized spacial score (nSPS) is 20.4. The van der Waals surface area contributed by atoms with Crippen LogP contribution in [0.2, 0.25) is 0 Å². The molecular formula is C15H11F3N2O3. The van der Waals surface area contributed by atoms with Gasteiger partial charge in [-0.25, -0.2) is 4.79 Å². The highest BCUT2D eigenvalue weighted by Gasteiger charge is 2.63. The number of aromatic nitrogens is 2. The lowest BCUT2D eigenvalue weighted by molar-refractivity contribution is -0.240. The predicted octanol–water partition coefficient (Wildman–Crippen LogP) is 2.74. The zero-order valence-electron chi connectivity index (χ0n) is 11.6. The fourth-order valence-electron chi connectivity index (χ4n) is 2.48. The highest BCUT2D eigenvalue weighted by molar-refractivity contribution is 5.96. The first kappa shape index (κ1) is 15.1. The van der Waals surface area contributed by atoms with Crippen LogP contribution in [-0.2, 0) is 11.3 Å². The fourth-order valence-corrected chi connectivity index (χ4v) is 2.48. The quantitative estimate of drug-likeness (QED) is 0.943. The number of carbonyl (C=O) groups is 1. The number of fused-ring (bicyclic) bond motifs is 1. The molecule has 1 aromatic heterocycles. The number of para-hydroxylation sites is 1. The van der Waals surface area contributed by atoms with Crippen LogP contribution in [0.3, 0.4) is 0 Å². The van der Waals surface area contributed by atoms with Crippen LogP contribution in [-0.4, -0.2) is 32.6 Å². The molecule has 0 spiro atoms. The van der Waals surface area contributed by atoms with E-state index in [1.54, 1.807) is 6.07 Å². The minimum absolute atomic E-state index is 0.0259. The van der Waals surface area contributed by atoms with E-state index in [1.165, 1.54) is 36.7 Å². The molecule has 3 rings (SSSR count). The van der Waals surface area contributed by atoms with Crippen LogP contribution in [0.25, 0.3) is 6.08 Å². The maximum absolute atomic E-state index is 13.8. The molecule has 0 bridgehead atoms. The summed E-state index contributed by atoms with van der Waals surface area (Å²) in [7, 11) is 0. The Labute approximate surface area is 128 Å². The summed E-state index contributed by atoms with van der Waals surface area (Å²) < 4.78 is 47.7. The van der Waals surface area contributed by atoms with E-state index in [0.29, 0.717) is 0 Å². The number of benzene rings is 1. The largest absolute Gasteiger partial charge is 0.478 e. The third-order valence-electron chi connectivity index (χ3n) is 3.57. The van der Waals surface area contributed by atoms with Crippen molar-refractivity contribution >= 4 is 12.0 Å². The van der Waals surface area contributed by atoms with Crippen LogP contribution in [0.15, 0.2) is 48.3 Å². The molecule has 2 aromatic rings. The standard InChI is InChI=1S/C15H11F3N2O3/c16-15(17,18)14(9-20-7-3-6-19-20)11(13(21)22)8-10-4-1-2-5-12(10)23-14/h1-8H,9H2,(H,21,22). The topological polar surface area (TPSA) is 64.3 Å². The lowest BCUT2D eigenvalue weighted by Gasteiger charge is -2.39. The Morgan fingerprint density at radius 3 is 2.65 bits per heavy atom. The van der Waals surface area contributed by atoms with E-state index in [9.17, 15) is 23.1 Å². The molecule has 0 amide bonds. The zero-order valence-corrected chi connectivity index (χ0v) is 11.6. The van der Waals surface area contributed by atoms with Gasteiger partial charge < -0.3 is 9.84 Å². The van der Waals surface area contributed by atoms with E-state index >= 15 is 0 Å². The Morgan fingerprint density at radius 2 is 2.04 bits per heavy atom. The second kappa shape index (κ2) is 5.15. The number of carboxylic acids is 1. The molecule has 1 unspecified atom stereocenters. The van der Waals surface area contributed by atoms with Gasteiger partial charge in [0.25, 0.3) is 5.60 Å². The molecule has 1 aliphatic rings. The van der Waals surface area contributed by atoms with Crippen molar-refractivity contribution in [1.82, 2.24) is 9.78 Å². The van der Waals surface area contributed by atoms with E-state index in [1.807, 2.05) is 0 Å². The predicted molar refractivity (Wildman–Crippen MR) is 73.7 cm³/mol. The second-order valence-corrected chi connectivity index (χ2v) is 5.03. The van der Waals surface area contributed by atoms with E-state index in [4.69, 9.17) is 4.74 Å². The van der Waals surface area contributed by atoms with Gasteiger partial charge in [0, 0.05) is 18.0 Å². The van der Waals surface area contributed by atoms with Gasteiger partial charge in [0.2, 0.25) is 0 Å². The van der Waals surface area contributed by atoms with Crippen LogP contribution in [0, 0.1) is 0 Å². The molecule has 1 aliphatic heterocycles. The van der Waals surface area contributed by atoms with Gasteiger partial charge in [0.1, 0.15) is 5.75 Å². The molecule has 1 N–H and O–H groups in total. The molecule has 0 fully saturated rings. The Hall–Kier alpha value is -2.77. The molecule has 8 heteroatoms. The molecule has 1 atom stereocenters. The minimum Gasteiger partial charge on any atom is -0.478 e. The summed E-state index contributed by atoms with van der Waals surface area (Å²) in [6, 6.07) is 7.42. The summed E-state index contributed by atoms with van der Waals surface area (Å²) in [5, 5.41) is 13.0. The number of nitrogens with zero attached hydrogens (tertiary/aromatic N) is 2. The highest BCUT2D eigenvalue weighted by atomic mass is 19.4. The van der Waals surface area contributed by atoms with E-state index < -0.39 is 29.9 Å². The molecule has 120 valence electrons. The van der Waals surface area contributed by atoms with Crippen LogP contribution in [0.4, 0.5) is 13.2 Å². The number of carboxylic acid groups (broad SMARTS) is 1. The van der Waals surface area contributed by atoms with Gasteiger partial charge in [-0.1, -0.05) is 18.2 Å². The Morgan fingerprint density at radius 1 is 1.30 bits per heavy atom. The number of halogens is 3. The number of ether oxygens (including phenoxy) is 1. The molecule has 23 heavy (non-hydrogen) atoms. The van der Waals surface area contributed by atoms with Gasteiger partial charge >= 0.3 is 12.1 Å². The summed E-state index contributed by atoms with van der Waals surface area (Å²) in [5.41, 5.74) is -3.61. The van der Waals surface area contributed by atoms with Crippen molar-refractivity contribution in [3.8, 4) is 5.75 Å². The van der Waals surface area contributed by atoms with Gasteiger partial charge in [0.05, 0.1) is 12.1 Å². The van der Waals surface area contributed by atoms with Crippen molar-refractivity contribution in [2.24, 2.45) is 0 Å². The number of rotatable bonds is 3. The molecule has 0 saturated carbocycles. The second-order valence-electron chi connectivity index (χ2n) is 5.03. The highest BCUT2D eigenvalue weighted by Crippen LogP contribution is 2.46. The van der Waals surface area contributed by atoms with Crippen molar-refractivity contribution in [3.63, 3.8) is 0 Å². The first-order valence-corrected chi connectivity index (χ1v) is 6.61. The van der Waals surface area contributed by atoms with Crippen molar-refractivity contribution in [1.29, 1.82) is 0 Å². The monoisotopic (exact) mass is 324 g/mol. The van der Waals surface area contributed by atoms with E-state index in [2.05, 4.69) is 5.10 Å². The van der Waals surface area contributed by atoms with Crippen LogP contribution in [0.1, 0.15) is 5.56 Å². The average molecular weight is 324 g/mol. The Kier molecular flexibility index (Phi) is 3.39. The molecule has 1 aromatic carbocycles. The number of aliphatic carboxylic acids is 1. The third kappa shape index (κ3) is 2.45. The molecule has 0 radical (unpaired) electrons. The molecular weight excluding hydrogens is 313 g/mol. The number of hydrogen-bond acceptors (Lipinski definition) is 3. The van der Waals surface area contributed by atoms with E-state index in [0.717, 1.165) is 10.8 Å². The molecule has 5 nitrogen and oxygen atoms in total. The first-order chi connectivity index (χ1) is 10.8. The van der Waals surface area contributed by atoms with E-state index in [-0.39, 0.29) is 11.3 Å². The average Bonchev–Trinajstić information content (AvgIpc) is 2.98. The molecule has 0 aliphatic carbocycles. The number of alkyl halides is 3. The van der Waals surface area contributed by atoms with Gasteiger partial charge in [0.15, 0.2) is 0 Å². The van der Waals surface area contributed by atoms with Crippen molar-refractivity contribution < 1.29 is 27.8 Å². The van der Waals surface area contributed by atoms with Crippen molar-refractivity contribution in [3.05, 3.63) is 53.9 Å². The maximum Gasteiger partial charge on any atom is 0.434 e. The summed E-state index contributed by atoms with van der Waals surface area (Å²) >= 11 is 0. The minimum atomic E-state index is -4.95. The summed E-state index contributed by atoms with van der Waals surface area (Å²) in [6.45, 7) is -0.796. The fraction of sp³-hybridized carbons (Fsp3) is 0.200. The third-order valence-corrected chi connectivity index (χ3v) is 3.57. The molecule has 2 heterocycles. The van der Waals surface area contributed by atoms with Gasteiger partial charge in [-0.15, -0.1) is 0 Å². The van der Waals surface area contributed by atoms with Crippen LogP contribution >= 0.6 is 0 Å². The molecule has 0 saturated heterocycles. The lowest BCUT2D eigenvalue weighted by atomic mass is 9.87. The first-order valence-electron chi connectivity index (χ1n) is 6.61. The lowest BCUT2D eigenvalue weighted by Crippen LogP contribution is -2.57. The van der Waals surface area contributed by atoms with Crippen LogP contribution < -0.4 is 4.74 Å².